The van der Waals surface area contributed by atoms with Gasteiger partial charge in [-0.2, -0.15) is 0 Å². The summed E-state index contributed by atoms with van der Waals surface area (Å²) >= 11 is 1.06. The third-order valence-electron chi connectivity index (χ3n) is 2.91. The Labute approximate surface area is 140 Å². The first kappa shape index (κ1) is 17.8. The Morgan fingerprint density at radius 3 is 2.71 bits per heavy atom. The molecule has 6 nitrogen and oxygen atoms in total. The lowest BCUT2D eigenvalue weighted by atomic mass is 10.1. The lowest BCUT2D eigenvalue weighted by molar-refractivity contribution is -0.136. The minimum absolute atomic E-state index is 0.201. The van der Waals surface area contributed by atoms with Gasteiger partial charge in [0.1, 0.15) is 5.82 Å². The molecule has 1 aromatic heterocycles. The third-order valence-corrected chi connectivity index (χ3v) is 3.72. The molecule has 128 valence electrons. The SMILES string of the molecule is CC(C)(Oc1ccc(F)cc1F)C(=O)Nc1nc(CC(=O)O)cs1. The maximum atomic E-state index is 13.6. The number of amides is 1. The number of aromatic nitrogens is 1. The highest BCUT2D eigenvalue weighted by Gasteiger charge is 2.31. The standard InChI is InChI=1S/C15H14F2N2O4S/c1-15(2,23-11-4-3-8(16)5-10(11)17)13(22)19-14-18-9(7-24-14)6-12(20)21/h3-5,7H,6H2,1-2H3,(H,20,21)(H,18,19,22). The second kappa shape index (κ2) is 6.91. The van der Waals surface area contributed by atoms with Crippen molar-refractivity contribution in [2.75, 3.05) is 5.32 Å². The van der Waals surface area contributed by atoms with Gasteiger partial charge in [-0.15, -0.1) is 11.3 Å². The first-order valence-electron chi connectivity index (χ1n) is 6.79. The van der Waals surface area contributed by atoms with Crippen LogP contribution in [-0.4, -0.2) is 27.6 Å². The van der Waals surface area contributed by atoms with E-state index in [0.717, 1.165) is 23.5 Å². The zero-order valence-electron chi connectivity index (χ0n) is 12.8. The number of benzene rings is 1. The average Bonchev–Trinajstić information content (AvgIpc) is 2.88. The molecule has 2 aromatic rings. The van der Waals surface area contributed by atoms with Crippen molar-refractivity contribution in [3.8, 4) is 5.75 Å². The van der Waals surface area contributed by atoms with Crippen LogP contribution in [0.25, 0.3) is 0 Å². The highest BCUT2D eigenvalue weighted by molar-refractivity contribution is 7.13. The fourth-order valence-electron chi connectivity index (χ4n) is 1.73. The number of hydrogen-bond donors (Lipinski definition) is 2. The number of halogens is 2. The van der Waals surface area contributed by atoms with Gasteiger partial charge in [0, 0.05) is 11.4 Å². The molecular weight excluding hydrogens is 342 g/mol. The minimum Gasteiger partial charge on any atom is -0.481 e. The van der Waals surface area contributed by atoms with E-state index in [4.69, 9.17) is 9.84 Å². The Balaban J connectivity index is 2.06. The molecule has 1 amide bonds. The summed E-state index contributed by atoms with van der Waals surface area (Å²) in [6, 6.07) is 2.77. The van der Waals surface area contributed by atoms with Crippen LogP contribution in [0.4, 0.5) is 13.9 Å². The highest BCUT2D eigenvalue weighted by atomic mass is 32.1. The van der Waals surface area contributed by atoms with E-state index in [1.165, 1.54) is 19.2 Å². The van der Waals surface area contributed by atoms with E-state index in [2.05, 4.69) is 10.3 Å². The van der Waals surface area contributed by atoms with Crippen LogP contribution in [0.15, 0.2) is 23.6 Å². The molecule has 0 unspecified atom stereocenters. The Bertz CT molecular complexity index is 777. The summed E-state index contributed by atoms with van der Waals surface area (Å²) in [6.07, 6.45) is -0.257. The number of nitrogens with zero attached hydrogens (tertiary/aromatic N) is 1. The number of thiazole rings is 1. The maximum absolute atomic E-state index is 13.6. The molecule has 1 aromatic carbocycles. The normalized spacial score (nSPS) is 11.2. The first-order chi connectivity index (χ1) is 11.2. The van der Waals surface area contributed by atoms with Crippen LogP contribution < -0.4 is 10.1 Å². The molecule has 0 fully saturated rings. The predicted octanol–water partition coefficient (Wildman–Crippen LogP) is 2.84. The van der Waals surface area contributed by atoms with Gasteiger partial charge in [0.2, 0.25) is 0 Å². The van der Waals surface area contributed by atoms with Gasteiger partial charge in [0.25, 0.3) is 5.91 Å². The number of carbonyl (C=O) groups excluding carboxylic acids is 1. The summed E-state index contributed by atoms with van der Waals surface area (Å²) in [7, 11) is 0. The van der Waals surface area contributed by atoms with Crippen molar-refractivity contribution in [1.29, 1.82) is 0 Å². The van der Waals surface area contributed by atoms with Gasteiger partial charge >= 0.3 is 5.97 Å². The van der Waals surface area contributed by atoms with Crippen molar-refractivity contribution >= 4 is 28.3 Å². The second-order valence-electron chi connectivity index (χ2n) is 5.36. The van der Waals surface area contributed by atoms with Crippen LogP contribution in [0.2, 0.25) is 0 Å². The van der Waals surface area contributed by atoms with Crippen molar-refractivity contribution in [2.45, 2.75) is 25.9 Å². The van der Waals surface area contributed by atoms with E-state index in [1.54, 1.807) is 0 Å². The summed E-state index contributed by atoms with van der Waals surface area (Å²) in [5.74, 6) is -3.58. The fraction of sp³-hybridized carbons (Fsp3) is 0.267. The van der Waals surface area contributed by atoms with Crippen LogP contribution >= 0.6 is 11.3 Å². The molecule has 0 saturated carbocycles. The van der Waals surface area contributed by atoms with Gasteiger partial charge in [-0.3, -0.25) is 14.9 Å². The Morgan fingerprint density at radius 2 is 2.08 bits per heavy atom. The number of carboxylic acid groups (broad SMARTS) is 1. The molecule has 0 atom stereocenters. The summed E-state index contributed by atoms with van der Waals surface area (Å²) in [4.78, 5) is 26.8. The van der Waals surface area contributed by atoms with E-state index in [-0.39, 0.29) is 17.3 Å². The fourth-order valence-corrected chi connectivity index (χ4v) is 2.43. The summed E-state index contributed by atoms with van der Waals surface area (Å²) in [6.45, 7) is 2.83. The number of hydrogen-bond acceptors (Lipinski definition) is 5. The number of nitrogens with one attached hydrogen (secondary N) is 1. The molecule has 2 N–H and O–H groups in total. The largest absolute Gasteiger partial charge is 0.481 e. The van der Waals surface area contributed by atoms with E-state index in [0.29, 0.717) is 11.8 Å². The Kier molecular flexibility index (Phi) is 5.13. The smallest absolute Gasteiger partial charge is 0.309 e. The molecule has 0 aliphatic heterocycles. The molecule has 0 spiro atoms. The van der Waals surface area contributed by atoms with E-state index >= 15 is 0 Å². The summed E-state index contributed by atoms with van der Waals surface area (Å²) in [5, 5.41) is 12.9. The Hall–Kier alpha value is -2.55. The van der Waals surface area contributed by atoms with Crippen molar-refractivity contribution < 1.29 is 28.2 Å². The van der Waals surface area contributed by atoms with E-state index < -0.39 is 29.1 Å². The van der Waals surface area contributed by atoms with Gasteiger partial charge in [-0.05, 0) is 26.0 Å². The Morgan fingerprint density at radius 1 is 1.38 bits per heavy atom. The van der Waals surface area contributed by atoms with Gasteiger partial charge < -0.3 is 9.84 Å². The predicted molar refractivity (Wildman–Crippen MR) is 83.1 cm³/mol. The van der Waals surface area contributed by atoms with Gasteiger partial charge in [-0.25, -0.2) is 13.8 Å². The topological polar surface area (TPSA) is 88.5 Å². The minimum atomic E-state index is -1.46. The van der Waals surface area contributed by atoms with Gasteiger partial charge in [0.05, 0.1) is 12.1 Å². The van der Waals surface area contributed by atoms with Crippen LogP contribution in [0.5, 0.6) is 5.75 Å². The lowest BCUT2D eigenvalue weighted by Gasteiger charge is -2.24. The molecular formula is C15H14F2N2O4S. The third kappa shape index (κ3) is 4.48. The van der Waals surface area contributed by atoms with Crippen LogP contribution in [0.3, 0.4) is 0 Å². The van der Waals surface area contributed by atoms with E-state index in [1.807, 2.05) is 0 Å². The molecule has 0 bridgehead atoms. The van der Waals surface area contributed by atoms with Gasteiger partial charge in [-0.1, -0.05) is 0 Å². The molecule has 0 aliphatic rings. The van der Waals surface area contributed by atoms with Crippen molar-refractivity contribution in [2.24, 2.45) is 0 Å². The van der Waals surface area contributed by atoms with Crippen molar-refractivity contribution in [3.05, 3.63) is 40.9 Å². The first-order valence-corrected chi connectivity index (χ1v) is 7.67. The maximum Gasteiger partial charge on any atom is 0.309 e. The quantitative estimate of drug-likeness (QED) is 0.831. The van der Waals surface area contributed by atoms with Crippen molar-refractivity contribution in [1.82, 2.24) is 4.98 Å². The molecule has 0 aliphatic carbocycles. The molecule has 0 saturated heterocycles. The molecule has 9 heteroatoms. The summed E-state index contributed by atoms with van der Waals surface area (Å²) < 4.78 is 31.9. The summed E-state index contributed by atoms with van der Waals surface area (Å²) in [5.41, 5.74) is -1.15. The number of carbonyl (C=O) groups is 2. The zero-order chi connectivity index (χ0) is 17.9. The number of anilines is 1. The van der Waals surface area contributed by atoms with Crippen LogP contribution in [0.1, 0.15) is 19.5 Å². The lowest BCUT2D eigenvalue weighted by Crippen LogP contribution is -2.42. The highest BCUT2D eigenvalue weighted by Crippen LogP contribution is 2.24. The second-order valence-corrected chi connectivity index (χ2v) is 6.21. The monoisotopic (exact) mass is 356 g/mol. The molecule has 24 heavy (non-hydrogen) atoms. The molecule has 0 radical (unpaired) electrons. The van der Waals surface area contributed by atoms with Crippen LogP contribution in [0, 0.1) is 11.6 Å². The van der Waals surface area contributed by atoms with E-state index in [9.17, 15) is 18.4 Å². The van der Waals surface area contributed by atoms with Crippen LogP contribution in [-0.2, 0) is 16.0 Å². The number of rotatable bonds is 6. The van der Waals surface area contributed by atoms with Crippen molar-refractivity contribution in [3.63, 3.8) is 0 Å². The number of ether oxygens (including phenoxy) is 1. The number of carboxylic acids is 1. The average molecular weight is 356 g/mol. The molecule has 1 heterocycles. The zero-order valence-corrected chi connectivity index (χ0v) is 13.6. The molecule has 2 rings (SSSR count). The van der Waals surface area contributed by atoms with Gasteiger partial charge in [0.15, 0.2) is 22.3 Å². The number of aliphatic carboxylic acids is 1.